The van der Waals surface area contributed by atoms with Crippen molar-refractivity contribution in [2.75, 3.05) is 6.54 Å². The first-order chi connectivity index (χ1) is 11.7. The summed E-state index contributed by atoms with van der Waals surface area (Å²) < 4.78 is 0. The molecule has 1 aromatic carbocycles. The number of aryl methyl sites for hydroxylation is 1. The Morgan fingerprint density at radius 2 is 2.08 bits per heavy atom. The van der Waals surface area contributed by atoms with Crippen LogP contribution >= 0.6 is 11.3 Å². The van der Waals surface area contributed by atoms with Gasteiger partial charge in [0.05, 0.1) is 6.42 Å². The summed E-state index contributed by atoms with van der Waals surface area (Å²) in [4.78, 5) is 17.4. The summed E-state index contributed by atoms with van der Waals surface area (Å²) >= 11 is 1.60. The number of nitrogens with one attached hydrogen (secondary N) is 2. The smallest absolute Gasteiger partial charge is 0.225 e. The molecule has 0 unspecified atom stereocenters. The molecule has 0 fully saturated rings. The summed E-state index contributed by atoms with van der Waals surface area (Å²) in [5.74, 6) is 1.61. The van der Waals surface area contributed by atoms with Crippen LogP contribution in [0.5, 0.6) is 0 Å². The zero-order chi connectivity index (χ0) is 16.8. The first-order valence-electron chi connectivity index (χ1n) is 7.94. The number of rotatable bonds is 7. The van der Waals surface area contributed by atoms with Gasteiger partial charge in [-0.3, -0.25) is 9.89 Å². The van der Waals surface area contributed by atoms with Gasteiger partial charge in [0, 0.05) is 24.3 Å². The number of thiophene rings is 1. The Kier molecular flexibility index (Phi) is 5.38. The predicted octanol–water partition coefficient (Wildman–Crippen LogP) is 2.67. The van der Waals surface area contributed by atoms with Crippen LogP contribution in [0.1, 0.15) is 27.7 Å². The molecule has 1 amide bonds. The second-order valence-corrected chi connectivity index (χ2v) is 6.75. The second-order valence-electron chi connectivity index (χ2n) is 5.72. The van der Waals surface area contributed by atoms with Gasteiger partial charge < -0.3 is 5.32 Å². The second kappa shape index (κ2) is 7.88. The van der Waals surface area contributed by atoms with E-state index in [2.05, 4.69) is 51.7 Å². The molecule has 0 atom stereocenters. The molecule has 0 spiro atoms. The van der Waals surface area contributed by atoms with E-state index >= 15 is 0 Å². The van der Waals surface area contributed by atoms with Crippen LogP contribution in [0.15, 0.2) is 41.8 Å². The van der Waals surface area contributed by atoms with E-state index in [-0.39, 0.29) is 5.91 Å². The molecule has 0 bridgehead atoms. The van der Waals surface area contributed by atoms with Crippen LogP contribution in [0.25, 0.3) is 0 Å². The highest BCUT2D eigenvalue weighted by Gasteiger charge is 2.07. The van der Waals surface area contributed by atoms with Gasteiger partial charge in [-0.15, -0.1) is 11.3 Å². The lowest BCUT2D eigenvalue weighted by molar-refractivity contribution is -0.120. The van der Waals surface area contributed by atoms with Gasteiger partial charge >= 0.3 is 0 Å². The van der Waals surface area contributed by atoms with Crippen molar-refractivity contribution >= 4 is 17.2 Å². The van der Waals surface area contributed by atoms with Gasteiger partial charge in [-0.1, -0.05) is 35.9 Å². The van der Waals surface area contributed by atoms with E-state index < -0.39 is 0 Å². The van der Waals surface area contributed by atoms with Crippen molar-refractivity contribution in [1.29, 1.82) is 0 Å². The minimum absolute atomic E-state index is 0.0351. The average molecular weight is 340 g/mol. The summed E-state index contributed by atoms with van der Waals surface area (Å²) in [6.07, 6.45) is 1.79. The van der Waals surface area contributed by atoms with Gasteiger partial charge in [0.2, 0.25) is 5.91 Å². The van der Waals surface area contributed by atoms with E-state index in [1.165, 1.54) is 11.1 Å². The van der Waals surface area contributed by atoms with E-state index in [4.69, 9.17) is 0 Å². The SMILES string of the molecule is Cc1ccc(Cc2nc(CCNC(=O)Cc3cccs3)n[nH]2)cc1. The fourth-order valence-electron chi connectivity index (χ4n) is 2.37. The molecule has 2 N–H and O–H groups in total. The maximum atomic E-state index is 11.8. The van der Waals surface area contributed by atoms with Crippen molar-refractivity contribution in [1.82, 2.24) is 20.5 Å². The minimum atomic E-state index is 0.0351. The maximum Gasteiger partial charge on any atom is 0.225 e. The first kappa shape index (κ1) is 16.4. The fourth-order valence-corrected chi connectivity index (χ4v) is 3.08. The molecule has 2 aromatic heterocycles. The van der Waals surface area contributed by atoms with E-state index in [0.717, 1.165) is 22.9 Å². The van der Waals surface area contributed by atoms with Crippen LogP contribution in [0.3, 0.4) is 0 Å². The molecule has 3 rings (SSSR count). The van der Waals surface area contributed by atoms with E-state index in [1.54, 1.807) is 11.3 Å². The van der Waals surface area contributed by atoms with Crippen molar-refractivity contribution in [3.05, 3.63) is 69.4 Å². The van der Waals surface area contributed by atoms with Gasteiger partial charge in [0.15, 0.2) is 5.82 Å². The first-order valence-corrected chi connectivity index (χ1v) is 8.82. The number of amides is 1. The lowest BCUT2D eigenvalue weighted by Gasteiger charge is -2.02. The number of carbonyl (C=O) groups excluding carboxylic acids is 1. The number of carbonyl (C=O) groups is 1. The maximum absolute atomic E-state index is 11.8. The summed E-state index contributed by atoms with van der Waals surface area (Å²) in [5.41, 5.74) is 2.45. The highest BCUT2D eigenvalue weighted by Crippen LogP contribution is 2.09. The molecule has 0 aliphatic carbocycles. The minimum Gasteiger partial charge on any atom is -0.355 e. The van der Waals surface area contributed by atoms with Crippen LogP contribution < -0.4 is 5.32 Å². The molecule has 24 heavy (non-hydrogen) atoms. The molecule has 2 heterocycles. The molecule has 0 radical (unpaired) electrons. The zero-order valence-corrected chi connectivity index (χ0v) is 14.4. The van der Waals surface area contributed by atoms with Crippen LogP contribution in [-0.4, -0.2) is 27.6 Å². The van der Waals surface area contributed by atoms with Gasteiger partial charge in [-0.05, 0) is 23.9 Å². The van der Waals surface area contributed by atoms with Gasteiger partial charge in [-0.2, -0.15) is 5.10 Å². The summed E-state index contributed by atoms with van der Waals surface area (Å²) in [6.45, 7) is 2.62. The molecule has 0 aliphatic rings. The third kappa shape index (κ3) is 4.76. The number of benzene rings is 1. The molecule has 124 valence electrons. The Morgan fingerprint density at radius 1 is 1.25 bits per heavy atom. The van der Waals surface area contributed by atoms with Gasteiger partial charge in [0.25, 0.3) is 0 Å². The number of nitrogens with zero attached hydrogens (tertiary/aromatic N) is 2. The Bertz CT molecular complexity index is 778. The van der Waals surface area contributed by atoms with Gasteiger partial charge in [0.1, 0.15) is 5.82 Å². The summed E-state index contributed by atoms with van der Waals surface area (Å²) in [6, 6.07) is 12.3. The molecule has 5 nitrogen and oxygen atoms in total. The molecule has 6 heteroatoms. The quantitative estimate of drug-likeness (QED) is 0.695. The van der Waals surface area contributed by atoms with Crippen molar-refractivity contribution in [3.63, 3.8) is 0 Å². The highest BCUT2D eigenvalue weighted by molar-refractivity contribution is 7.10. The van der Waals surface area contributed by atoms with Gasteiger partial charge in [-0.25, -0.2) is 4.98 Å². The van der Waals surface area contributed by atoms with Crippen LogP contribution in [0.2, 0.25) is 0 Å². The van der Waals surface area contributed by atoms with Crippen LogP contribution in [0.4, 0.5) is 0 Å². The summed E-state index contributed by atoms with van der Waals surface area (Å²) in [5, 5.41) is 12.1. The molecular formula is C18H20N4OS. The topological polar surface area (TPSA) is 70.7 Å². The lowest BCUT2D eigenvalue weighted by atomic mass is 10.1. The fraction of sp³-hybridized carbons (Fsp3) is 0.278. The Balaban J connectivity index is 1.44. The number of hydrogen-bond donors (Lipinski definition) is 2. The lowest BCUT2D eigenvalue weighted by Crippen LogP contribution is -2.27. The average Bonchev–Trinajstić information content (AvgIpc) is 3.22. The predicted molar refractivity (Wildman–Crippen MR) is 95.1 cm³/mol. The largest absolute Gasteiger partial charge is 0.355 e. The number of aromatic nitrogens is 3. The van der Waals surface area contributed by atoms with E-state index in [9.17, 15) is 4.79 Å². The van der Waals surface area contributed by atoms with E-state index in [1.807, 2.05) is 17.5 Å². The molecule has 0 aliphatic heterocycles. The monoisotopic (exact) mass is 340 g/mol. The Hall–Kier alpha value is -2.47. The molecule has 0 saturated heterocycles. The third-order valence-electron chi connectivity index (χ3n) is 3.66. The van der Waals surface area contributed by atoms with Crippen LogP contribution in [-0.2, 0) is 24.1 Å². The van der Waals surface area contributed by atoms with E-state index in [0.29, 0.717) is 19.4 Å². The Morgan fingerprint density at radius 3 is 2.83 bits per heavy atom. The highest BCUT2D eigenvalue weighted by atomic mass is 32.1. The zero-order valence-electron chi connectivity index (χ0n) is 13.6. The molecular weight excluding hydrogens is 320 g/mol. The van der Waals surface area contributed by atoms with Crippen molar-refractivity contribution in [2.45, 2.75) is 26.2 Å². The number of H-pyrrole nitrogens is 1. The molecule has 0 saturated carbocycles. The number of hydrogen-bond acceptors (Lipinski definition) is 4. The van der Waals surface area contributed by atoms with Crippen molar-refractivity contribution < 1.29 is 4.79 Å². The number of aromatic amines is 1. The molecule has 3 aromatic rings. The third-order valence-corrected chi connectivity index (χ3v) is 4.53. The Labute approximate surface area is 145 Å². The standard InChI is InChI=1S/C18H20N4OS/c1-13-4-6-14(7-5-13)11-17-20-16(21-22-17)8-9-19-18(23)12-15-3-2-10-24-15/h2-7,10H,8-9,11-12H2,1H3,(H,19,23)(H,20,21,22). The van der Waals surface area contributed by atoms with Crippen molar-refractivity contribution in [2.24, 2.45) is 0 Å². The summed E-state index contributed by atoms with van der Waals surface area (Å²) in [7, 11) is 0. The van der Waals surface area contributed by atoms with Crippen LogP contribution in [0, 0.1) is 6.92 Å². The normalized spacial score (nSPS) is 10.7. The van der Waals surface area contributed by atoms with Crippen molar-refractivity contribution in [3.8, 4) is 0 Å².